The molecular weight excluding hydrogens is 385 g/mol. The van der Waals surface area contributed by atoms with Gasteiger partial charge in [-0.05, 0) is 30.3 Å². The highest BCUT2D eigenvalue weighted by Crippen LogP contribution is 2.21. The fourth-order valence-corrected chi connectivity index (χ4v) is 2.03. The van der Waals surface area contributed by atoms with Crippen molar-refractivity contribution >= 4 is 28.2 Å². The Kier molecular flexibility index (Phi) is 9.32. The molecule has 0 atom stereocenters. The number of nitrogens with zero attached hydrogens (tertiary/aromatic N) is 3. The first-order valence-corrected chi connectivity index (χ1v) is 8.90. The molecule has 6 heteroatoms. The van der Waals surface area contributed by atoms with E-state index in [-0.39, 0.29) is 11.8 Å². The zero-order valence-electron chi connectivity index (χ0n) is 14.7. The number of aliphatic imine (C=N–C) groups is 1. The quantitative estimate of drug-likeness (QED) is 0.470. The molecule has 0 fully saturated rings. The normalized spacial score (nSPS) is 9.84. The summed E-state index contributed by atoms with van der Waals surface area (Å²) < 4.78 is 19.7. The fourth-order valence-electron chi connectivity index (χ4n) is 1.70. The summed E-state index contributed by atoms with van der Waals surface area (Å²) in [7, 11) is 0. The summed E-state index contributed by atoms with van der Waals surface area (Å²) in [5.41, 5.74) is 1.15. The first kappa shape index (κ1) is 20.7. The minimum Gasteiger partial charge on any atom is -0.402 e. The first-order chi connectivity index (χ1) is 12.2. The van der Waals surface area contributed by atoms with E-state index in [9.17, 15) is 4.39 Å². The number of hydrogen-bond acceptors (Lipinski definition) is 4. The third-order valence-electron chi connectivity index (χ3n) is 2.71. The molecule has 3 aromatic rings. The Hall–Kier alpha value is -2.34. The third-order valence-corrected chi connectivity index (χ3v) is 3.20. The number of rotatable bonds is 3. The van der Waals surface area contributed by atoms with Gasteiger partial charge in [0.15, 0.2) is 0 Å². The van der Waals surface area contributed by atoms with Crippen LogP contribution in [0.4, 0.5) is 10.4 Å². The summed E-state index contributed by atoms with van der Waals surface area (Å²) in [6, 6.07) is 14.1. The molecule has 0 amide bonds. The van der Waals surface area contributed by atoms with Crippen LogP contribution < -0.4 is 0 Å². The van der Waals surface area contributed by atoms with E-state index in [0.29, 0.717) is 15.9 Å². The van der Waals surface area contributed by atoms with Gasteiger partial charge in [0, 0.05) is 21.8 Å². The van der Waals surface area contributed by atoms with Crippen LogP contribution in [0, 0.1) is 5.82 Å². The van der Waals surface area contributed by atoms with Gasteiger partial charge >= 0.3 is 6.01 Å². The van der Waals surface area contributed by atoms with E-state index in [1.807, 2.05) is 58.0 Å². The van der Waals surface area contributed by atoms with Crippen LogP contribution in [0.1, 0.15) is 33.3 Å². The SMILES string of the molecule is CC.CC.Fc1cc(Br)ccc1/C=N/c1nnc(-c2ccccc2)o1. The van der Waals surface area contributed by atoms with Gasteiger partial charge in [0.25, 0.3) is 0 Å². The molecule has 0 unspecified atom stereocenters. The van der Waals surface area contributed by atoms with Crippen LogP contribution in [0.15, 0.2) is 62.4 Å². The smallest absolute Gasteiger partial charge is 0.342 e. The number of hydrogen-bond donors (Lipinski definition) is 0. The fraction of sp³-hybridized carbons (Fsp3) is 0.211. The van der Waals surface area contributed by atoms with Crippen molar-refractivity contribution in [2.24, 2.45) is 4.99 Å². The van der Waals surface area contributed by atoms with Crippen LogP contribution in [-0.2, 0) is 0 Å². The maximum absolute atomic E-state index is 13.6. The van der Waals surface area contributed by atoms with Crippen molar-refractivity contribution in [2.45, 2.75) is 27.7 Å². The lowest BCUT2D eigenvalue weighted by molar-refractivity contribution is 0.580. The standard InChI is InChI=1S/C15H9BrFN3O.2C2H6/c16-12-7-6-11(13(17)8-12)9-18-15-20-19-14(21-15)10-4-2-1-3-5-10;2*1-2/h1-9H;2*1-2H3/b18-9+;;. The van der Waals surface area contributed by atoms with Gasteiger partial charge in [0.05, 0.1) is 0 Å². The molecule has 2 aromatic carbocycles. The second-order valence-electron chi connectivity index (χ2n) is 4.18. The maximum atomic E-state index is 13.6. The van der Waals surface area contributed by atoms with Crippen molar-refractivity contribution in [3.8, 4) is 11.5 Å². The Morgan fingerprint density at radius 1 is 1.00 bits per heavy atom. The molecule has 0 spiro atoms. The van der Waals surface area contributed by atoms with Crippen molar-refractivity contribution in [1.29, 1.82) is 0 Å². The maximum Gasteiger partial charge on any atom is 0.342 e. The van der Waals surface area contributed by atoms with Gasteiger partial charge in [-0.2, -0.15) is 0 Å². The van der Waals surface area contributed by atoms with Crippen molar-refractivity contribution in [1.82, 2.24) is 10.2 Å². The molecule has 0 saturated carbocycles. The van der Waals surface area contributed by atoms with Crippen molar-refractivity contribution < 1.29 is 8.81 Å². The Morgan fingerprint density at radius 2 is 1.68 bits per heavy atom. The zero-order chi connectivity index (χ0) is 18.7. The van der Waals surface area contributed by atoms with E-state index in [2.05, 4.69) is 31.1 Å². The summed E-state index contributed by atoms with van der Waals surface area (Å²) >= 11 is 3.20. The Labute approximate surface area is 156 Å². The number of benzene rings is 2. The van der Waals surface area contributed by atoms with Crippen molar-refractivity contribution in [3.05, 3.63) is 64.4 Å². The van der Waals surface area contributed by atoms with Gasteiger partial charge in [-0.3, -0.25) is 0 Å². The molecule has 0 aliphatic heterocycles. The van der Waals surface area contributed by atoms with E-state index < -0.39 is 0 Å². The van der Waals surface area contributed by atoms with Gasteiger partial charge < -0.3 is 4.42 Å². The Morgan fingerprint density at radius 3 is 2.32 bits per heavy atom. The van der Waals surface area contributed by atoms with E-state index >= 15 is 0 Å². The molecule has 132 valence electrons. The summed E-state index contributed by atoms with van der Waals surface area (Å²) in [6.07, 6.45) is 1.35. The number of halogens is 2. The highest BCUT2D eigenvalue weighted by Gasteiger charge is 2.07. The Balaban J connectivity index is 0.000000730. The van der Waals surface area contributed by atoms with Crippen LogP contribution in [0.2, 0.25) is 0 Å². The average molecular weight is 406 g/mol. The van der Waals surface area contributed by atoms with E-state index in [4.69, 9.17) is 4.42 Å². The van der Waals surface area contributed by atoms with Crippen LogP contribution in [-0.4, -0.2) is 16.4 Å². The predicted octanol–water partition coefficient (Wildman–Crippen LogP) is 6.44. The van der Waals surface area contributed by atoms with Gasteiger partial charge in [0.1, 0.15) is 5.82 Å². The van der Waals surface area contributed by atoms with Crippen LogP contribution in [0.3, 0.4) is 0 Å². The minimum atomic E-state index is -0.379. The van der Waals surface area contributed by atoms with E-state index in [0.717, 1.165) is 5.56 Å². The van der Waals surface area contributed by atoms with Crippen molar-refractivity contribution in [3.63, 3.8) is 0 Å². The molecule has 1 heterocycles. The summed E-state index contributed by atoms with van der Waals surface area (Å²) in [5.74, 6) is -0.00467. The molecule has 1 aromatic heterocycles. The number of aromatic nitrogens is 2. The van der Waals surface area contributed by atoms with Gasteiger partial charge in [-0.25, -0.2) is 9.38 Å². The molecule has 0 N–H and O–H groups in total. The first-order valence-electron chi connectivity index (χ1n) is 8.10. The second kappa shape index (κ2) is 11.3. The van der Waals surface area contributed by atoms with Crippen molar-refractivity contribution in [2.75, 3.05) is 0 Å². The molecule has 0 saturated heterocycles. The lowest BCUT2D eigenvalue weighted by Gasteiger charge is -1.95. The monoisotopic (exact) mass is 405 g/mol. The molecule has 0 aliphatic carbocycles. The summed E-state index contributed by atoms with van der Waals surface area (Å²) in [6.45, 7) is 8.00. The molecular formula is C19H21BrFN3O. The zero-order valence-corrected chi connectivity index (χ0v) is 16.3. The molecule has 0 radical (unpaired) electrons. The largest absolute Gasteiger partial charge is 0.402 e. The third kappa shape index (κ3) is 6.23. The van der Waals surface area contributed by atoms with Crippen LogP contribution in [0.25, 0.3) is 11.5 Å². The van der Waals surface area contributed by atoms with Gasteiger partial charge in [-0.1, -0.05) is 66.9 Å². The van der Waals surface area contributed by atoms with E-state index in [1.165, 1.54) is 12.3 Å². The van der Waals surface area contributed by atoms with Gasteiger partial charge in [0.2, 0.25) is 5.89 Å². The molecule has 25 heavy (non-hydrogen) atoms. The average Bonchev–Trinajstić information content (AvgIpc) is 3.14. The molecule has 3 rings (SSSR count). The predicted molar refractivity (Wildman–Crippen MR) is 104 cm³/mol. The molecule has 0 aliphatic rings. The molecule has 0 bridgehead atoms. The van der Waals surface area contributed by atoms with Crippen LogP contribution >= 0.6 is 15.9 Å². The van der Waals surface area contributed by atoms with Crippen LogP contribution in [0.5, 0.6) is 0 Å². The highest BCUT2D eigenvalue weighted by atomic mass is 79.9. The second-order valence-corrected chi connectivity index (χ2v) is 5.10. The minimum absolute atomic E-state index is 0.0798. The van der Waals surface area contributed by atoms with E-state index in [1.54, 1.807) is 12.1 Å². The highest BCUT2D eigenvalue weighted by molar-refractivity contribution is 9.10. The summed E-state index contributed by atoms with van der Waals surface area (Å²) in [5, 5.41) is 7.71. The van der Waals surface area contributed by atoms with Gasteiger partial charge in [-0.15, -0.1) is 5.10 Å². The lowest BCUT2D eigenvalue weighted by Crippen LogP contribution is -1.87. The molecule has 4 nitrogen and oxygen atoms in total. The topological polar surface area (TPSA) is 51.3 Å². The Bertz CT molecular complexity index is 788. The summed E-state index contributed by atoms with van der Waals surface area (Å²) in [4.78, 5) is 3.99. The lowest BCUT2D eigenvalue weighted by atomic mass is 10.2.